The number of nitrogens with zero attached hydrogens (tertiary/aromatic N) is 1. The largest absolute Gasteiger partial charge is 0.394 e. The Hall–Kier alpha value is -2.45. The molecule has 7 atom stereocenters. The van der Waals surface area contributed by atoms with Crippen LogP contribution in [0.5, 0.6) is 0 Å². The van der Waals surface area contributed by atoms with Gasteiger partial charge in [-0.2, -0.15) is 0 Å². The van der Waals surface area contributed by atoms with Crippen molar-refractivity contribution in [3.05, 3.63) is 30.3 Å². The third-order valence-electron chi connectivity index (χ3n) is 8.21. The predicted octanol–water partition coefficient (Wildman–Crippen LogP) is 2.71. The number of para-hydroxylation sites is 1. The van der Waals surface area contributed by atoms with Gasteiger partial charge in [0, 0.05) is 11.7 Å². The molecule has 3 aliphatic rings. The Morgan fingerprint density at radius 2 is 1.86 bits per heavy atom. The highest BCUT2D eigenvalue weighted by molar-refractivity contribution is 6.02. The van der Waals surface area contributed by atoms with Crippen molar-refractivity contribution in [2.24, 2.45) is 17.8 Å². The quantitative estimate of drug-likeness (QED) is 0.499. The van der Waals surface area contributed by atoms with Crippen molar-refractivity contribution in [3.63, 3.8) is 0 Å². The van der Waals surface area contributed by atoms with Crippen molar-refractivity contribution in [2.45, 2.75) is 89.6 Å². The van der Waals surface area contributed by atoms with Gasteiger partial charge in [-0.1, -0.05) is 45.4 Å². The first-order valence-corrected chi connectivity index (χ1v) is 12.9. The molecule has 8 nitrogen and oxygen atoms in total. The summed E-state index contributed by atoms with van der Waals surface area (Å²) in [4.78, 5) is 43.0. The second-order valence-corrected chi connectivity index (χ2v) is 11.0. The normalized spacial score (nSPS) is 33.1. The number of aliphatic hydroxyl groups excluding tert-OH is 1. The lowest BCUT2D eigenvalue weighted by atomic mass is 9.66. The van der Waals surface area contributed by atoms with Crippen molar-refractivity contribution in [1.29, 1.82) is 0 Å². The lowest BCUT2D eigenvalue weighted by Gasteiger charge is -2.39. The van der Waals surface area contributed by atoms with Gasteiger partial charge in [0.1, 0.15) is 11.6 Å². The summed E-state index contributed by atoms with van der Waals surface area (Å²) in [6.45, 7) is 9.48. The summed E-state index contributed by atoms with van der Waals surface area (Å²) >= 11 is 0. The van der Waals surface area contributed by atoms with Gasteiger partial charge in [0.25, 0.3) is 0 Å². The average molecular weight is 486 g/mol. The molecule has 1 spiro atoms. The van der Waals surface area contributed by atoms with Crippen LogP contribution in [-0.4, -0.2) is 63.7 Å². The minimum Gasteiger partial charge on any atom is -0.394 e. The van der Waals surface area contributed by atoms with E-state index in [0.29, 0.717) is 18.5 Å². The molecule has 3 amide bonds. The van der Waals surface area contributed by atoms with Gasteiger partial charge in [-0.05, 0) is 51.2 Å². The number of amides is 3. The molecular weight excluding hydrogens is 446 g/mol. The maximum atomic E-state index is 14.1. The molecule has 3 unspecified atom stereocenters. The molecule has 4 rings (SSSR count). The summed E-state index contributed by atoms with van der Waals surface area (Å²) in [6.07, 6.45) is 2.83. The topological polar surface area (TPSA) is 108 Å². The molecule has 3 aliphatic heterocycles. The van der Waals surface area contributed by atoms with Crippen molar-refractivity contribution in [1.82, 2.24) is 10.2 Å². The minimum atomic E-state index is -1.09. The van der Waals surface area contributed by atoms with Gasteiger partial charge < -0.3 is 25.4 Å². The number of nitrogens with one attached hydrogen (secondary N) is 2. The molecular formula is C27H39N3O5. The standard InChI is InChI=1S/C27H39N3O5/c1-6-10-17(4)28-24(33)22-27-14-13-26(5,35-27)20(23(32)29-18-11-8-7-9-12-18)21(27)25(34)30(22)19(15-31)16(2)3/h7-9,11-12,16-17,19-22,31H,6,10,13-15H2,1-5H3,(H,28,33)(H,29,32)/t17?,19-,20+,21-,22?,26-,27?/m0/s1. The van der Waals surface area contributed by atoms with Crippen LogP contribution < -0.4 is 10.6 Å². The van der Waals surface area contributed by atoms with Crippen LogP contribution in [-0.2, 0) is 19.1 Å². The molecule has 8 heteroatoms. The van der Waals surface area contributed by atoms with E-state index in [2.05, 4.69) is 17.6 Å². The van der Waals surface area contributed by atoms with E-state index in [1.54, 1.807) is 12.1 Å². The number of aliphatic hydroxyl groups is 1. The van der Waals surface area contributed by atoms with Crippen LogP contribution in [0.2, 0.25) is 0 Å². The molecule has 3 saturated heterocycles. The van der Waals surface area contributed by atoms with Gasteiger partial charge in [0.05, 0.1) is 30.1 Å². The first-order chi connectivity index (χ1) is 16.6. The van der Waals surface area contributed by atoms with Crippen LogP contribution in [0.4, 0.5) is 5.69 Å². The van der Waals surface area contributed by atoms with Crippen molar-refractivity contribution in [3.8, 4) is 0 Å². The maximum absolute atomic E-state index is 14.1. The van der Waals surface area contributed by atoms with Crippen molar-refractivity contribution < 1.29 is 24.2 Å². The molecule has 0 saturated carbocycles. The highest BCUT2D eigenvalue weighted by atomic mass is 16.5. The molecule has 192 valence electrons. The Kier molecular flexibility index (Phi) is 6.99. The Balaban J connectivity index is 1.74. The monoisotopic (exact) mass is 485 g/mol. The van der Waals surface area contributed by atoms with E-state index in [1.165, 1.54) is 4.90 Å². The van der Waals surface area contributed by atoms with Crippen LogP contribution in [0.3, 0.4) is 0 Å². The van der Waals surface area contributed by atoms with E-state index >= 15 is 0 Å². The number of carbonyl (C=O) groups excluding carboxylic acids is 3. The number of ether oxygens (including phenoxy) is 1. The average Bonchev–Trinajstić information content (AvgIpc) is 3.36. The third kappa shape index (κ3) is 4.14. The van der Waals surface area contributed by atoms with E-state index in [1.807, 2.05) is 45.9 Å². The Bertz CT molecular complexity index is 969. The summed E-state index contributed by atoms with van der Waals surface area (Å²) in [5, 5.41) is 16.3. The zero-order valence-corrected chi connectivity index (χ0v) is 21.4. The van der Waals surface area contributed by atoms with Crippen LogP contribution in [0.25, 0.3) is 0 Å². The summed E-state index contributed by atoms with van der Waals surface area (Å²) in [6, 6.07) is 7.66. The summed E-state index contributed by atoms with van der Waals surface area (Å²) in [7, 11) is 0. The van der Waals surface area contributed by atoms with E-state index < -0.39 is 35.1 Å². The lowest BCUT2D eigenvalue weighted by molar-refractivity contribution is -0.150. The Morgan fingerprint density at radius 1 is 1.17 bits per heavy atom. The zero-order chi connectivity index (χ0) is 25.5. The van der Waals surface area contributed by atoms with E-state index in [-0.39, 0.29) is 36.3 Å². The summed E-state index contributed by atoms with van der Waals surface area (Å²) in [5.74, 6) is -2.42. The molecule has 1 aromatic rings. The number of benzene rings is 1. The number of fused-ring (bicyclic) bond motifs is 1. The highest BCUT2D eigenvalue weighted by Gasteiger charge is 2.78. The van der Waals surface area contributed by atoms with E-state index in [0.717, 1.165) is 12.8 Å². The van der Waals surface area contributed by atoms with Gasteiger partial charge >= 0.3 is 0 Å². The molecule has 3 N–H and O–H groups in total. The SMILES string of the molecule is CCCC(C)NC(=O)C1N([C@@H](CO)C(C)C)C(=O)[C@@H]2[C@H](C(=O)Nc3ccccc3)[C@]3(C)CCC12O3. The summed E-state index contributed by atoms with van der Waals surface area (Å²) < 4.78 is 6.63. The summed E-state index contributed by atoms with van der Waals surface area (Å²) in [5.41, 5.74) is -1.29. The minimum absolute atomic E-state index is 0.0575. The van der Waals surface area contributed by atoms with Crippen LogP contribution in [0, 0.1) is 17.8 Å². The zero-order valence-electron chi connectivity index (χ0n) is 21.4. The number of carbonyl (C=O) groups is 3. The van der Waals surface area contributed by atoms with Crippen LogP contribution in [0.15, 0.2) is 30.3 Å². The number of anilines is 1. The smallest absolute Gasteiger partial charge is 0.246 e. The second-order valence-electron chi connectivity index (χ2n) is 11.0. The fourth-order valence-corrected chi connectivity index (χ4v) is 6.61. The number of hydrogen-bond acceptors (Lipinski definition) is 5. The first kappa shape index (κ1) is 25.6. The number of likely N-dealkylation sites (tertiary alicyclic amines) is 1. The molecule has 3 heterocycles. The van der Waals surface area contributed by atoms with E-state index in [9.17, 15) is 19.5 Å². The Morgan fingerprint density at radius 3 is 2.46 bits per heavy atom. The fourth-order valence-electron chi connectivity index (χ4n) is 6.61. The van der Waals surface area contributed by atoms with E-state index in [4.69, 9.17) is 4.74 Å². The molecule has 35 heavy (non-hydrogen) atoms. The van der Waals surface area contributed by atoms with Gasteiger partial charge in [0.2, 0.25) is 17.7 Å². The van der Waals surface area contributed by atoms with Gasteiger partial charge in [-0.15, -0.1) is 0 Å². The lowest BCUT2D eigenvalue weighted by Crippen LogP contribution is -2.59. The van der Waals surface area contributed by atoms with Crippen molar-refractivity contribution >= 4 is 23.4 Å². The van der Waals surface area contributed by atoms with Gasteiger partial charge in [-0.25, -0.2) is 0 Å². The van der Waals surface area contributed by atoms with Gasteiger partial charge in [-0.3, -0.25) is 14.4 Å². The number of rotatable bonds is 9. The Labute approximate surface area is 207 Å². The molecule has 2 bridgehead atoms. The van der Waals surface area contributed by atoms with Crippen molar-refractivity contribution in [2.75, 3.05) is 11.9 Å². The molecule has 3 fully saturated rings. The highest BCUT2D eigenvalue weighted by Crippen LogP contribution is 2.63. The predicted molar refractivity (Wildman–Crippen MR) is 132 cm³/mol. The molecule has 0 aromatic heterocycles. The van der Waals surface area contributed by atoms with Crippen LogP contribution in [0.1, 0.15) is 60.3 Å². The maximum Gasteiger partial charge on any atom is 0.246 e. The molecule has 0 aliphatic carbocycles. The number of hydrogen-bond donors (Lipinski definition) is 3. The second kappa shape index (κ2) is 9.54. The van der Waals surface area contributed by atoms with Crippen LogP contribution >= 0.6 is 0 Å². The molecule has 0 radical (unpaired) electrons. The first-order valence-electron chi connectivity index (χ1n) is 12.9. The third-order valence-corrected chi connectivity index (χ3v) is 8.21. The molecule has 1 aromatic carbocycles. The van der Waals surface area contributed by atoms with Gasteiger partial charge in [0.15, 0.2) is 0 Å². The fraction of sp³-hybridized carbons (Fsp3) is 0.667.